The molecular formula is C15H25N3O5. The molecule has 2 N–H and O–H groups in total. The summed E-state index contributed by atoms with van der Waals surface area (Å²) >= 11 is 0. The largest absolute Gasteiger partial charge is 0.372 e. The summed E-state index contributed by atoms with van der Waals surface area (Å²) in [7, 11) is 0. The lowest BCUT2D eigenvalue weighted by Crippen LogP contribution is -2.43. The molecule has 4 amide bonds. The topological polar surface area (TPSA) is 105 Å². The minimum atomic E-state index is -0.643. The monoisotopic (exact) mass is 327 g/mol. The Labute approximate surface area is 136 Å². The number of hydrogen-bond donors (Lipinski definition) is 2. The van der Waals surface area contributed by atoms with Crippen LogP contribution in [0.1, 0.15) is 40.5 Å². The molecule has 130 valence electrons. The average Bonchev–Trinajstić information content (AvgIpc) is 2.49. The zero-order chi connectivity index (χ0) is 18.0. The number of amides is 4. The van der Waals surface area contributed by atoms with Crippen LogP contribution in [0, 0.1) is 5.92 Å². The van der Waals surface area contributed by atoms with Gasteiger partial charge in [0.15, 0.2) is 0 Å². The number of hydroxylamine groups is 2. The first-order chi connectivity index (χ1) is 10.7. The quantitative estimate of drug-likeness (QED) is 0.345. The molecular weight excluding hydrogens is 302 g/mol. The molecule has 1 atom stereocenters. The fraction of sp³-hybridized carbons (Fsp3) is 0.600. The van der Waals surface area contributed by atoms with Crippen LogP contribution in [-0.2, 0) is 24.0 Å². The molecule has 0 fully saturated rings. The highest BCUT2D eigenvalue weighted by molar-refractivity contribution is 5.86. The van der Waals surface area contributed by atoms with Gasteiger partial charge in [0.1, 0.15) is 5.76 Å². The zero-order valence-electron chi connectivity index (χ0n) is 14.0. The second-order valence-corrected chi connectivity index (χ2v) is 5.29. The summed E-state index contributed by atoms with van der Waals surface area (Å²) in [5, 5.41) is 5.56. The average molecular weight is 327 g/mol. The van der Waals surface area contributed by atoms with E-state index in [1.165, 1.54) is 0 Å². The Morgan fingerprint density at radius 3 is 2.35 bits per heavy atom. The van der Waals surface area contributed by atoms with Crippen LogP contribution < -0.4 is 10.6 Å². The van der Waals surface area contributed by atoms with E-state index in [-0.39, 0.29) is 37.0 Å². The van der Waals surface area contributed by atoms with Gasteiger partial charge in [0.25, 0.3) is 12.3 Å². The van der Waals surface area contributed by atoms with Crippen LogP contribution in [0.4, 0.5) is 0 Å². The van der Waals surface area contributed by atoms with E-state index in [1.807, 2.05) is 0 Å². The molecule has 0 aliphatic carbocycles. The first kappa shape index (κ1) is 20.6. The molecule has 0 rings (SSSR count). The summed E-state index contributed by atoms with van der Waals surface area (Å²) in [6.07, 6.45) is 0.982. The van der Waals surface area contributed by atoms with Crippen LogP contribution >= 0.6 is 0 Å². The van der Waals surface area contributed by atoms with Gasteiger partial charge in [-0.15, -0.1) is 5.06 Å². The van der Waals surface area contributed by atoms with E-state index in [9.17, 15) is 19.2 Å². The molecule has 0 aromatic heterocycles. The van der Waals surface area contributed by atoms with Gasteiger partial charge in [-0.25, -0.2) is 0 Å². The predicted molar refractivity (Wildman–Crippen MR) is 83.5 cm³/mol. The van der Waals surface area contributed by atoms with Gasteiger partial charge in [-0.2, -0.15) is 0 Å². The predicted octanol–water partition coefficient (Wildman–Crippen LogP) is 0.494. The Balaban J connectivity index is 4.38. The van der Waals surface area contributed by atoms with Crippen LogP contribution in [0.5, 0.6) is 0 Å². The first-order valence-corrected chi connectivity index (χ1v) is 7.44. The van der Waals surface area contributed by atoms with Crippen LogP contribution in [0.2, 0.25) is 0 Å². The maximum Gasteiger partial charge on any atom is 0.263 e. The van der Waals surface area contributed by atoms with Crippen LogP contribution in [-0.4, -0.2) is 41.8 Å². The Kier molecular flexibility index (Phi) is 9.29. The van der Waals surface area contributed by atoms with E-state index in [0.717, 1.165) is 0 Å². The molecule has 8 nitrogen and oxygen atoms in total. The molecule has 0 bridgehead atoms. The number of imide groups is 1. The highest BCUT2D eigenvalue weighted by Gasteiger charge is 2.19. The van der Waals surface area contributed by atoms with E-state index in [2.05, 4.69) is 17.2 Å². The lowest BCUT2D eigenvalue weighted by atomic mass is 10.2. The van der Waals surface area contributed by atoms with Crippen molar-refractivity contribution in [2.45, 2.75) is 46.6 Å². The summed E-state index contributed by atoms with van der Waals surface area (Å²) in [5.74, 6) is -1.35. The van der Waals surface area contributed by atoms with Crippen LogP contribution in [0.15, 0.2) is 12.3 Å². The summed E-state index contributed by atoms with van der Waals surface area (Å²) < 4.78 is 0. The summed E-state index contributed by atoms with van der Waals surface area (Å²) in [6, 6.07) is -0.643. The maximum absolute atomic E-state index is 11.7. The highest BCUT2D eigenvalue weighted by atomic mass is 16.7. The number of carbonyl (C=O) groups is 4. The van der Waals surface area contributed by atoms with Gasteiger partial charge in [0.05, 0.1) is 12.6 Å². The minimum Gasteiger partial charge on any atom is -0.372 e. The summed E-state index contributed by atoms with van der Waals surface area (Å²) in [6.45, 7) is 10.2. The number of nitrogens with zero attached hydrogens (tertiary/aromatic N) is 1. The molecule has 0 aliphatic heterocycles. The SMILES string of the molecule is C=C(ON(C=O)C(=O)CCC)C(C)NC(=O)CNC(=O)C(C)C. The Morgan fingerprint density at radius 2 is 1.87 bits per heavy atom. The van der Waals surface area contributed by atoms with Crippen LogP contribution in [0.3, 0.4) is 0 Å². The molecule has 0 aliphatic rings. The van der Waals surface area contributed by atoms with Crippen molar-refractivity contribution in [1.82, 2.24) is 15.7 Å². The smallest absolute Gasteiger partial charge is 0.263 e. The van der Waals surface area contributed by atoms with E-state index in [0.29, 0.717) is 11.5 Å². The Hall–Kier alpha value is -2.38. The normalized spacial score (nSPS) is 11.3. The summed E-state index contributed by atoms with van der Waals surface area (Å²) in [4.78, 5) is 50.6. The number of carbonyl (C=O) groups excluding carboxylic acids is 4. The van der Waals surface area contributed by atoms with Gasteiger partial charge < -0.3 is 15.5 Å². The van der Waals surface area contributed by atoms with Crippen molar-refractivity contribution < 1.29 is 24.0 Å². The van der Waals surface area contributed by atoms with Crippen molar-refractivity contribution in [3.8, 4) is 0 Å². The molecule has 1 unspecified atom stereocenters. The lowest BCUT2D eigenvalue weighted by Gasteiger charge is -2.21. The molecule has 0 aromatic rings. The van der Waals surface area contributed by atoms with E-state index < -0.39 is 17.9 Å². The minimum absolute atomic E-state index is 0.0325. The van der Waals surface area contributed by atoms with Gasteiger partial charge in [-0.1, -0.05) is 27.4 Å². The van der Waals surface area contributed by atoms with E-state index in [4.69, 9.17) is 4.84 Å². The number of hydrogen-bond acceptors (Lipinski definition) is 5. The van der Waals surface area contributed by atoms with Crippen molar-refractivity contribution in [2.24, 2.45) is 5.92 Å². The Bertz CT molecular complexity index is 462. The van der Waals surface area contributed by atoms with E-state index in [1.54, 1.807) is 27.7 Å². The van der Waals surface area contributed by atoms with Crippen molar-refractivity contribution in [3.63, 3.8) is 0 Å². The van der Waals surface area contributed by atoms with Crippen molar-refractivity contribution in [2.75, 3.05) is 6.54 Å². The van der Waals surface area contributed by atoms with Gasteiger partial charge in [-0.3, -0.25) is 19.2 Å². The van der Waals surface area contributed by atoms with E-state index >= 15 is 0 Å². The fourth-order valence-corrected chi connectivity index (χ4v) is 1.41. The van der Waals surface area contributed by atoms with Crippen molar-refractivity contribution >= 4 is 24.1 Å². The molecule has 0 saturated carbocycles. The third kappa shape index (κ3) is 7.98. The summed E-state index contributed by atoms with van der Waals surface area (Å²) in [5.41, 5.74) is 0. The molecule has 0 saturated heterocycles. The maximum atomic E-state index is 11.7. The molecule has 0 radical (unpaired) electrons. The van der Waals surface area contributed by atoms with Crippen molar-refractivity contribution in [1.29, 1.82) is 0 Å². The zero-order valence-corrected chi connectivity index (χ0v) is 14.0. The fourth-order valence-electron chi connectivity index (χ4n) is 1.41. The van der Waals surface area contributed by atoms with Gasteiger partial charge in [0.2, 0.25) is 11.8 Å². The molecule has 0 heterocycles. The van der Waals surface area contributed by atoms with Gasteiger partial charge in [-0.05, 0) is 13.3 Å². The molecule has 0 aromatic carbocycles. The standard InChI is InChI=1S/C15H25N3O5/c1-6-7-14(21)18(9-19)23-12(5)11(4)17-13(20)8-16-15(22)10(2)3/h9-11H,5-8H2,1-4H3,(H,16,22)(H,17,20). The second kappa shape index (κ2) is 10.4. The number of nitrogens with one attached hydrogen (secondary N) is 2. The van der Waals surface area contributed by atoms with Gasteiger partial charge >= 0.3 is 0 Å². The van der Waals surface area contributed by atoms with Crippen LogP contribution in [0.25, 0.3) is 0 Å². The third-order valence-corrected chi connectivity index (χ3v) is 2.83. The molecule has 0 spiro atoms. The second-order valence-electron chi connectivity index (χ2n) is 5.29. The Morgan fingerprint density at radius 1 is 1.26 bits per heavy atom. The number of rotatable bonds is 10. The lowest BCUT2D eigenvalue weighted by molar-refractivity contribution is -0.176. The van der Waals surface area contributed by atoms with Gasteiger partial charge in [0, 0.05) is 12.3 Å². The third-order valence-electron chi connectivity index (χ3n) is 2.83. The highest BCUT2D eigenvalue weighted by Crippen LogP contribution is 2.06. The molecule has 8 heteroatoms. The first-order valence-electron chi connectivity index (χ1n) is 7.44. The van der Waals surface area contributed by atoms with Crippen molar-refractivity contribution in [3.05, 3.63) is 12.3 Å². The molecule has 23 heavy (non-hydrogen) atoms.